The van der Waals surface area contributed by atoms with Crippen molar-refractivity contribution < 1.29 is 4.92 Å². The summed E-state index contributed by atoms with van der Waals surface area (Å²) in [5, 5.41) is 23.7. The molecule has 0 atom stereocenters. The summed E-state index contributed by atoms with van der Waals surface area (Å²) in [5.74, 6) is 0. The molecule has 0 N–H and O–H groups in total. The second-order valence-corrected chi connectivity index (χ2v) is 4.21. The Bertz CT molecular complexity index is 645. The predicted octanol–water partition coefficient (Wildman–Crippen LogP) is 2.37. The highest BCUT2D eigenvalue weighted by atomic mass is 32.2. The zero-order valence-corrected chi connectivity index (χ0v) is 10.2. The van der Waals surface area contributed by atoms with Crippen molar-refractivity contribution in [1.29, 1.82) is 5.26 Å². The van der Waals surface area contributed by atoms with Crippen molar-refractivity contribution in [2.24, 2.45) is 0 Å². The third-order valence-electron chi connectivity index (χ3n) is 2.36. The molecule has 0 fully saturated rings. The minimum Gasteiger partial charge on any atom is -0.258 e. The molecule has 0 aliphatic rings. The van der Waals surface area contributed by atoms with Crippen LogP contribution < -0.4 is 0 Å². The van der Waals surface area contributed by atoms with Crippen molar-refractivity contribution in [3.8, 4) is 11.8 Å². The Balaban J connectivity index is 2.57. The van der Waals surface area contributed by atoms with E-state index in [0.717, 1.165) is 11.1 Å². The number of nitriles is 1. The van der Waals surface area contributed by atoms with Crippen LogP contribution in [0, 0.1) is 21.4 Å². The maximum atomic E-state index is 10.6. The number of benzene rings is 1. The van der Waals surface area contributed by atoms with Gasteiger partial charge in [0.15, 0.2) is 0 Å². The Hall–Kier alpha value is -2.33. The molecule has 0 aliphatic carbocycles. The highest BCUT2D eigenvalue weighted by Crippen LogP contribution is 2.25. The molecule has 0 bridgehead atoms. The van der Waals surface area contributed by atoms with Gasteiger partial charge in [-0.05, 0) is 18.4 Å². The van der Waals surface area contributed by atoms with Crippen molar-refractivity contribution in [2.75, 3.05) is 6.26 Å². The van der Waals surface area contributed by atoms with E-state index < -0.39 is 4.92 Å². The molecule has 0 aliphatic heterocycles. The molecule has 7 heteroatoms. The van der Waals surface area contributed by atoms with Crippen LogP contribution in [0.25, 0.3) is 5.69 Å². The zero-order valence-electron chi connectivity index (χ0n) is 9.40. The summed E-state index contributed by atoms with van der Waals surface area (Å²) < 4.78 is 1.34. The zero-order chi connectivity index (χ0) is 13.1. The maximum Gasteiger partial charge on any atom is 0.307 e. The molecule has 1 aromatic carbocycles. The minimum absolute atomic E-state index is 0.103. The lowest BCUT2D eigenvalue weighted by atomic mass is 10.2. The van der Waals surface area contributed by atoms with Crippen LogP contribution in [-0.4, -0.2) is 21.0 Å². The normalized spacial score (nSPS) is 10.0. The van der Waals surface area contributed by atoms with Gasteiger partial charge >= 0.3 is 5.69 Å². The van der Waals surface area contributed by atoms with Crippen LogP contribution in [-0.2, 0) is 0 Å². The highest BCUT2D eigenvalue weighted by molar-refractivity contribution is 7.98. The topological polar surface area (TPSA) is 84.8 Å². The minimum atomic E-state index is -0.520. The fourth-order valence-electron chi connectivity index (χ4n) is 1.53. The second kappa shape index (κ2) is 4.89. The standard InChI is InChI=1S/C11H8N4O2S/c1-18-11-4-2-3-10(9(11)5-12)14-7-8(6-13-14)15(16)17/h2-4,6-7H,1H3. The largest absolute Gasteiger partial charge is 0.307 e. The van der Waals surface area contributed by atoms with E-state index in [9.17, 15) is 10.1 Å². The third kappa shape index (κ3) is 2.06. The van der Waals surface area contributed by atoms with Crippen LogP contribution in [0.5, 0.6) is 0 Å². The number of hydrogen-bond donors (Lipinski definition) is 0. The molecule has 0 saturated heterocycles. The van der Waals surface area contributed by atoms with Gasteiger partial charge in [0, 0.05) is 4.90 Å². The molecule has 90 valence electrons. The smallest absolute Gasteiger partial charge is 0.258 e. The Kier molecular flexibility index (Phi) is 3.30. The molecule has 2 rings (SSSR count). The Morgan fingerprint density at radius 2 is 2.33 bits per heavy atom. The van der Waals surface area contributed by atoms with Gasteiger partial charge in [-0.3, -0.25) is 10.1 Å². The predicted molar refractivity (Wildman–Crippen MR) is 66.7 cm³/mol. The van der Waals surface area contributed by atoms with Gasteiger partial charge in [0.1, 0.15) is 18.5 Å². The number of nitro groups is 1. The van der Waals surface area contributed by atoms with Crippen LogP contribution >= 0.6 is 11.8 Å². The van der Waals surface area contributed by atoms with E-state index in [1.54, 1.807) is 12.1 Å². The summed E-state index contributed by atoms with van der Waals surface area (Å²) in [5.41, 5.74) is 0.897. The molecule has 18 heavy (non-hydrogen) atoms. The fourth-order valence-corrected chi connectivity index (χ4v) is 2.10. The van der Waals surface area contributed by atoms with Gasteiger partial charge in [-0.2, -0.15) is 10.4 Å². The first kappa shape index (κ1) is 12.1. The van der Waals surface area contributed by atoms with Crippen LogP contribution in [0.2, 0.25) is 0 Å². The van der Waals surface area contributed by atoms with Crippen LogP contribution in [0.3, 0.4) is 0 Å². The molecule has 6 nitrogen and oxygen atoms in total. The van der Waals surface area contributed by atoms with E-state index in [-0.39, 0.29) is 5.69 Å². The van der Waals surface area contributed by atoms with Crippen molar-refractivity contribution in [1.82, 2.24) is 9.78 Å². The van der Waals surface area contributed by atoms with Crippen molar-refractivity contribution >= 4 is 17.4 Å². The van der Waals surface area contributed by atoms with Gasteiger partial charge < -0.3 is 0 Å². The SMILES string of the molecule is CSc1cccc(-n2cc([N+](=O)[O-])cn2)c1C#N. The summed E-state index contributed by atoms with van der Waals surface area (Å²) in [7, 11) is 0. The van der Waals surface area contributed by atoms with Gasteiger partial charge in [0.05, 0.1) is 16.2 Å². The summed E-state index contributed by atoms with van der Waals surface area (Å²) >= 11 is 1.44. The van der Waals surface area contributed by atoms with Gasteiger partial charge in [0.25, 0.3) is 0 Å². The molecule has 0 saturated carbocycles. The average molecular weight is 260 g/mol. The Labute approximate surface area is 107 Å². The molecule has 2 aromatic rings. The first-order chi connectivity index (χ1) is 8.67. The molecular formula is C11H8N4O2S. The summed E-state index contributed by atoms with van der Waals surface area (Å²) in [6, 6.07) is 7.42. The lowest BCUT2D eigenvalue weighted by molar-refractivity contribution is -0.384. The van der Waals surface area contributed by atoms with Gasteiger partial charge in [-0.1, -0.05) is 6.07 Å². The van der Waals surface area contributed by atoms with E-state index in [0.29, 0.717) is 11.3 Å². The van der Waals surface area contributed by atoms with E-state index in [4.69, 9.17) is 5.26 Å². The lowest BCUT2D eigenvalue weighted by Gasteiger charge is -2.06. The molecule has 0 unspecified atom stereocenters. The number of hydrogen-bond acceptors (Lipinski definition) is 5. The van der Waals surface area contributed by atoms with E-state index in [1.807, 2.05) is 12.3 Å². The summed E-state index contributed by atoms with van der Waals surface area (Å²) in [4.78, 5) is 10.9. The molecule has 1 heterocycles. The van der Waals surface area contributed by atoms with Crippen LogP contribution in [0.4, 0.5) is 5.69 Å². The van der Waals surface area contributed by atoms with Crippen LogP contribution in [0.1, 0.15) is 5.56 Å². The van der Waals surface area contributed by atoms with Crippen molar-refractivity contribution in [2.45, 2.75) is 4.90 Å². The summed E-state index contributed by atoms with van der Waals surface area (Å²) in [6.07, 6.45) is 4.32. The third-order valence-corrected chi connectivity index (χ3v) is 3.14. The van der Waals surface area contributed by atoms with Crippen molar-refractivity contribution in [3.63, 3.8) is 0 Å². The first-order valence-electron chi connectivity index (χ1n) is 4.94. The van der Waals surface area contributed by atoms with Gasteiger partial charge in [-0.25, -0.2) is 4.68 Å². The highest BCUT2D eigenvalue weighted by Gasteiger charge is 2.14. The molecule has 1 aromatic heterocycles. The molecular weight excluding hydrogens is 252 g/mol. The maximum absolute atomic E-state index is 10.6. The van der Waals surface area contributed by atoms with Gasteiger partial charge in [-0.15, -0.1) is 11.8 Å². The quantitative estimate of drug-likeness (QED) is 0.480. The molecule has 0 radical (unpaired) electrons. The lowest BCUT2D eigenvalue weighted by Crippen LogP contribution is -1.99. The Morgan fingerprint density at radius 3 is 2.89 bits per heavy atom. The molecule has 0 spiro atoms. The van der Waals surface area contributed by atoms with E-state index in [2.05, 4.69) is 11.2 Å². The monoisotopic (exact) mass is 260 g/mol. The van der Waals surface area contributed by atoms with Crippen LogP contribution in [0.15, 0.2) is 35.5 Å². The summed E-state index contributed by atoms with van der Waals surface area (Å²) in [6.45, 7) is 0. The molecule has 0 amide bonds. The van der Waals surface area contributed by atoms with E-state index in [1.165, 1.54) is 22.6 Å². The van der Waals surface area contributed by atoms with Crippen molar-refractivity contribution in [3.05, 3.63) is 46.3 Å². The first-order valence-corrected chi connectivity index (χ1v) is 6.16. The second-order valence-electron chi connectivity index (χ2n) is 3.37. The number of thioether (sulfide) groups is 1. The number of aromatic nitrogens is 2. The Morgan fingerprint density at radius 1 is 1.56 bits per heavy atom. The fraction of sp³-hybridized carbons (Fsp3) is 0.0909. The number of rotatable bonds is 3. The van der Waals surface area contributed by atoms with E-state index >= 15 is 0 Å². The number of nitrogens with zero attached hydrogens (tertiary/aromatic N) is 4. The average Bonchev–Trinajstić information content (AvgIpc) is 2.87. The van der Waals surface area contributed by atoms with Gasteiger partial charge in [0.2, 0.25) is 0 Å².